The molecule has 0 saturated carbocycles. The SMILES string of the molecule is COc1cccc2cc(-c3nnc(NC(=O)c4ccc(S(=O)(=O)N5CC(C)OC(C)C5)cc4)o3)oc12. The van der Waals surface area contributed by atoms with Gasteiger partial charge in [0.25, 0.3) is 11.8 Å². The van der Waals surface area contributed by atoms with Crippen molar-refractivity contribution in [2.75, 3.05) is 25.5 Å². The normalized spacial score (nSPS) is 18.9. The average molecular weight is 513 g/mol. The summed E-state index contributed by atoms with van der Waals surface area (Å²) in [6, 6.07) is 12.7. The number of aromatic nitrogens is 2. The zero-order valence-electron chi connectivity index (χ0n) is 19.8. The summed E-state index contributed by atoms with van der Waals surface area (Å²) in [6.45, 7) is 4.21. The van der Waals surface area contributed by atoms with E-state index >= 15 is 0 Å². The number of benzene rings is 2. The first-order valence-corrected chi connectivity index (χ1v) is 12.7. The number of hydrogen-bond acceptors (Lipinski definition) is 9. The number of furan rings is 1. The van der Waals surface area contributed by atoms with Crippen LogP contribution in [-0.4, -0.2) is 61.2 Å². The van der Waals surface area contributed by atoms with Crippen LogP contribution in [-0.2, 0) is 14.8 Å². The van der Waals surface area contributed by atoms with Crippen molar-refractivity contribution < 1.29 is 31.5 Å². The van der Waals surface area contributed by atoms with E-state index in [1.165, 1.54) is 28.6 Å². The van der Waals surface area contributed by atoms with E-state index in [1.54, 1.807) is 19.2 Å². The Balaban J connectivity index is 1.29. The van der Waals surface area contributed by atoms with Gasteiger partial charge in [-0.1, -0.05) is 17.2 Å². The van der Waals surface area contributed by atoms with Crippen molar-refractivity contribution in [1.29, 1.82) is 0 Å². The largest absolute Gasteiger partial charge is 0.493 e. The van der Waals surface area contributed by atoms with Gasteiger partial charge in [0, 0.05) is 24.0 Å². The van der Waals surface area contributed by atoms with Gasteiger partial charge in [-0.3, -0.25) is 10.1 Å². The number of morpholine rings is 1. The van der Waals surface area contributed by atoms with E-state index in [-0.39, 0.29) is 47.7 Å². The summed E-state index contributed by atoms with van der Waals surface area (Å²) in [6.07, 6.45) is -0.399. The van der Waals surface area contributed by atoms with Crippen LogP contribution >= 0.6 is 0 Å². The summed E-state index contributed by atoms with van der Waals surface area (Å²) < 4.78 is 49.7. The highest BCUT2D eigenvalue weighted by molar-refractivity contribution is 7.89. The number of hydrogen-bond donors (Lipinski definition) is 1. The Bertz CT molecular complexity index is 1500. The minimum atomic E-state index is -3.71. The Morgan fingerprint density at radius 3 is 2.47 bits per heavy atom. The van der Waals surface area contributed by atoms with Gasteiger partial charge < -0.3 is 18.3 Å². The van der Waals surface area contributed by atoms with Crippen LogP contribution in [0.3, 0.4) is 0 Å². The summed E-state index contributed by atoms with van der Waals surface area (Å²) >= 11 is 0. The highest BCUT2D eigenvalue weighted by Crippen LogP contribution is 2.33. The highest BCUT2D eigenvalue weighted by Gasteiger charge is 2.32. The van der Waals surface area contributed by atoms with Crippen LogP contribution < -0.4 is 10.1 Å². The Hall–Kier alpha value is -3.74. The molecule has 1 fully saturated rings. The molecule has 1 aliphatic rings. The molecule has 2 unspecified atom stereocenters. The number of nitrogens with one attached hydrogen (secondary N) is 1. The summed E-state index contributed by atoms with van der Waals surface area (Å²) in [5.74, 6) is 0.437. The molecule has 188 valence electrons. The topological polar surface area (TPSA) is 137 Å². The third kappa shape index (κ3) is 4.57. The number of fused-ring (bicyclic) bond motifs is 1. The average Bonchev–Trinajstić information content (AvgIpc) is 3.50. The molecule has 0 radical (unpaired) electrons. The standard InChI is InChI=1S/C24H24N4O7S/c1-14-12-28(13-15(2)33-14)36(30,31)18-9-7-16(8-10-18)22(29)25-24-27-26-23(35-24)20-11-17-5-4-6-19(32-3)21(17)34-20/h4-11,14-15H,12-13H2,1-3H3,(H,25,27,29). The lowest BCUT2D eigenvalue weighted by Crippen LogP contribution is -2.48. The summed E-state index contributed by atoms with van der Waals surface area (Å²) in [5.41, 5.74) is 0.765. The van der Waals surface area contributed by atoms with Crippen LogP contribution in [0.1, 0.15) is 24.2 Å². The predicted octanol–water partition coefficient (Wildman–Crippen LogP) is 3.54. The van der Waals surface area contributed by atoms with Crippen molar-refractivity contribution in [3.05, 3.63) is 54.1 Å². The number of nitrogens with zero attached hydrogens (tertiary/aromatic N) is 3. The third-order valence-corrected chi connectivity index (χ3v) is 7.57. The first-order valence-electron chi connectivity index (χ1n) is 11.2. The smallest absolute Gasteiger partial charge is 0.322 e. The lowest BCUT2D eigenvalue weighted by Gasteiger charge is -2.34. The molecule has 4 aromatic rings. The molecule has 0 spiro atoms. The van der Waals surface area contributed by atoms with Crippen molar-refractivity contribution >= 4 is 32.9 Å². The molecule has 5 rings (SSSR count). The number of carbonyl (C=O) groups excluding carboxylic acids is 1. The third-order valence-electron chi connectivity index (χ3n) is 5.72. The molecule has 0 aliphatic carbocycles. The second kappa shape index (κ2) is 9.37. The quantitative estimate of drug-likeness (QED) is 0.411. The van der Waals surface area contributed by atoms with Crippen LogP contribution in [0.4, 0.5) is 6.01 Å². The van der Waals surface area contributed by atoms with Crippen LogP contribution in [0.5, 0.6) is 5.75 Å². The molecular weight excluding hydrogens is 488 g/mol. The van der Waals surface area contributed by atoms with Crippen LogP contribution in [0.15, 0.2) is 62.3 Å². The fourth-order valence-electron chi connectivity index (χ4n) is 4.10. The van der Waals surface area contributed by atoms with Gasteiger partial charge in [-0.05, 0) is 50.2 Å². The summed E-state index contributed by atoms with van der Waals surface area (Å²) in [4.78, 5) is 12.8. The second-order valence-corrected chi connectivity index (χ2v) is 10.4. The number of carbonyl (C=O) groups is 1. The Morgan fingerprint density at radius 1 is 1.06 bits per heavy atom. The lowest BCUT2D eigenvalue weighted by atomic mass is 10.2. The van der Waals surface area contributed by atoms with Gasteiger partial charge in [0.2, 0.25) is 10.0 Å². The molecule has 36 heavy (non-hydrogen) atoms. The van der Waals surface area contributed by atoms with Crippen LogP contribution in [0, 0.1) is 0 Å². The number of amides is 1. The van der Waals surface area contributed by atoms with Crippen molar-refractivity contribution in [2.24, 2.45) is 0 Å². The molecular formula is C24H24N4O7S. The Morgan fingerprint density at radius 2 is 1.78 bits per heavy atom. The van der Waals surface area contributed by atoms with Crippen molar-refractivity contribution in [3.63, 3.8) is 0 Å². The number of methoxy groups -OCH3 is 1. The number of rotatable bonds is 6. The maximum atomic E-state index is 13.0. The number of sulfonamides is 1. The van der Waals surface area contributed by atoms with Gasteiger partial charge in [-0.25, -0.2) is 8.42 Å². The molecule has 1 aliphatic heterocycles. The van der Waals surface area contributed by atoms with E-state index in [0.29, 0.717) is 17.1 Å². The van der Waals surface area contributed by atoms with Crippen molar-refractivity contribution in [1.82, 2.24) is 14.5 Å². The minimum absolute atomic E-state index is 0.0824. The van der Waals surface area contributed by atoms with E-state index < -0.39 is 15.9 Å². The van der Waals surface area contributed by atoms with E-state index in [4.69, 9.17) is 18.3 Å². The monoisotopic (exact) mass is 512 g/mol. The van der Waals surface area contributed by atoms with E-state index in [2.05, 4.69) is 15.5 Å². The Labute approximate surface area is 207 Å². The molecule has 1 saturated heterocycles. The fraction of sp³-hybridized carbons (Fsp3) is 0.292. The molecule has 1 amide bonds. The molecule has 11 nitrogen and oxygen atoms in total. The van der Waals surface area contributed by atoms with Crippen molar-refractivity contribution in [2.45, 2.75) is 31.0 Å². The van der Waals surface area contributed by atoms with Gasteiger partial charge in [-0.15, -0.1) is 5.10 Å². The molecule has 2 aromatic heterocycles. The van der Waals surface area contributed by atoms with Gasteiger partial charge in [0.15, 0.2) is 17.1 Å². The van der Waals surface area contributed by atoms with Crippen LogP contribution in [0.25, 0.3) is 22.6 Å². The van der Waals surface area contributed by atoms with Crippen molar-refractivity contribution in [3.8, 4) is 17.4 Å². The molecule has 0 bridgehead atoms. The maximum Gasteiger partial charge on any atom is 0.322 e. The highest BCUT2D eigenvalue weighted by atomic mass is 32.2. The molecule has 2 aromatic carbocycles. The zero-order chi connectivity index (χ0) is 25.4. The van der Waals surface area contributed by atoms with Gasteiger partial charge in [0.05, 0.1) is 24.2 Å². The first-order chi connectivity index (χ1) is 17.2. The van der Waals surface area contributed by atoms with E-state index in [9.17, 15) is 13.2 Å². The summed E-state index contributed by atoms with van der Waals surface area (Å²) in [7, 11) is -2.17. The molecule has 2 atom stereocenters. The Kier molecular flexibility index (Phi) is 6.24. The van der Waals surface area contributed by atoms with Gasteiger partial charge >= 0.3 is 6.01 Å². The number of para-hydroxylation sites is 1. The van der Waals surface area contributed by atoms with E-state index in [0.717, 1.165) is 5.39 Å². The summed E-state index contributed by atoms with van der Waals surface area (Å²) in [5, 5.41) is 11.1. The maximum absolute atomic E-state index is 13.0. The minimum Gasteiger partial charge on any atom is -0.493 e. The number of anilines is 1. The van der Waals surface area contributed by atoms with Gasteiger partial charge in [0.1, 0.15) is 0 Å². The van der Waals surface area contributed by atoms with Crippen LogP contribution in [0.2, 0.25) is 0 Å². The fourth-order valence-corrected chi connectivity index (χ4v) is 5.69. The molecule has 1 N–H and O–H groups in total. The number of ether oxygens (including phenoxy) is 2. The van der Waals surface area contributed by atoms with Gasteiger partial charge in [-0.2, -0.15) is 4.31 Å². The van der Waals surface area contributed by atoms with E-state index in [1.807, 2.05) is 26.0 Å². The molecule has 12 heteroatoms. The zero-order valence-corrected chi connectivity index (χ0v) is 20.6. The lowest BCUT2D eigenvalue weighted by molar-refractivity contribution is -0.0440. The first kappa shape index (κ1) is 24.0. The molecule has 3 heterocycles. The second-order valence-electron chi connectivity index (χ2n) is 8.46. The predicted molar refractivity (Wildman–Crippen MR) is 129 cm³/mol.